The molecule has 2 saturated heterocycles. The fourth-order valence-electron chi connectivity index (χ4n) is 3.75. The highest BCUT2D eigenvalue weighted by atomic mass is 35.5. The van der Waals surface area contributed by atoms with E-state index in [1.54, 1.807) is 12.1 Å². The zero-order valence-corrected chi connectivity index (χ0v) is 15.0. The van der Waals surface area contributed by atoms with E-state index in [4.69, 9.17) is 11.6 Å². The number of carbonyl (C=O) groups is 1. The van der Waals surface area contributed by atoms with Gasteiger partial charge in [0.1, 0.15) is 0 Å². The van der Waals surface area contributed by atoms with Crippen molar-refractivity contribution in [1.29, 1.82) is 0 Å². The first-order valence-corrected chi connectivity index (χ1v) is 9.74. The Morgan fingerprint density at radius 3 is 2.48 bits per heavy atom. The van der Waals surface area contributed by atoms with Crippen LogP contribution in [0.4, 0.5) is 0 Å². The lowest BCUT2D eigenvalue weighted by molar-refractivity contribution is 0.0784. The van der Waals surface area contributed by atoms with E-state index in [0.717, 1.165) is 26.2 Å². The quantitative estimate of drug-likeness (QED) is 0.902. The Hall–Kier alpha value is -0.620. The molecule has 2 aliphatic heterocycles. The number of thiophene rings is 1. The summed E-state index contributed by atoms with van der Waals surface area (Å²) in [5.41, 5.74) is 0. The maximum atomic E-state index is 12.6. The van der Waals surface area contributed by atoms with Crippen molar-refractivity contribution in [3.05, 3.63) is 21.3 Å². The van der Waals surface area contributed by atoms with Crippen molar-refractivity contribution >= 4 is 28.8 Å². The van der Waals surface area contributed by atoms with Crippen LogP contribution in [-0.2, 0) is 0 Å². The molecule has 2 atom stereocenters. The number of hydrogen-bond acceptors (Lipinski definition) is 4. The molecule has 0 saturated carbocycles. The minimum Gasteiger partial charge on any atom is -0.396 e. The van der Waals surface area contributed by atoms with E-state index in [1.165, 1.54) is 37.0 Å². The van der Waals surface area contributed by atoms with Crippen LogP contribution in [0.25, 0.3) is 0 Å². The SMILES string of the molecule is O=C(c1ccc(Cl)s1)N1CC(CO)C(CN2CCCCCC2)C1. The first-order valence-electron chi connectivity index (χ1n) is 8.55. The summed E-state index contributed by atoms with van der Waals surface area (Å²) in [6.45, 7) is 4.87. The highest BCUT2D eigenvalue weighted by Crippen LogP contribution is 2.29. The van der Waals surface area contributed by atoms with E-state index < -0.39 is 0 Å². The minimum absolute atomic E-state index is 0.0544. The number of nitrogens with zero attached hydrogens (tertiary/aromatic N) is 2. The van der Waals surface area contributed by atoms with E-state index in [2.05, 4.69) is 4.90 Å². The molecule has 1 aromatic heterocycles. The molecule has 0 aromatic carbocycles. The minimum atomic E-state index is 0.0544. The Morgan fingerprint density at radius 2 is 1.87 bits per heavy atom. The lowest BCUT2D eigenvalue weighted by atomic mass is 9.96. The molecule has 128 valence electrons. The topological polar surface area (TPSA) is 43.8 Å². The van der Waals surface area contributed by atoms with E-state index in [1.807, 2.05) is 4.90 Å². The van der Waals surface area contributed by atoms with Gasteiger partial charge < -0.3 is 14.9 Å². The van der Waals surface area contributed by atoms with Gasteiger partial charge in [0.05, 0.1) is 9.21 Å². The molecule has 0 radical (unpaired) electrons. The van der Waals surface area contributed by atoms with Gasteiger partial charge in [0.2, 0.25) is 0 Å². The van der Waals surface area contributed by atoms with Crippen LogP contribution in [0.5, 0.6) is 0 Å². The summed E-state index contributed by atoms with van der Waals surface area (Å²) in [7, 11) is 0. The zero-order valence-electron chi connectivity index (χ0n) is 13.4. The number of carbonyl (C=O) groups excluding carboxylic acids is 1. The average molecular weight is 357 g/mol. The summed E-state index contributed by atoms with van der Waals surface area (Å²) in [6, 6.07) is 3.57. The molecule has 1 N–H and O–H groups in total. The second kappa shape index (κ2) is 7.97. The number of aliphatic hydroxyl groups excluding tert-OH is 1. The van der Waals surface area contributed by atoms with Gasteiger partial charge >= 0.3 is 0 Å². The summed E-state index contributed by atoms with van der Waals surface area (Å²) in [5, 5.41) is 9.72. The van der Waals surface area contributed by atoms with Gasteiger partial charge in [-0.15, -0.1) is 11.3 Å². The Labute approximate surface area is 147 Å². The van der Waals surface area contributed by atoms with E-state index >= 15 is 0 Å². The highest BCUT2D eigenvalue weighted by Gasteiger charge is 2.36. The summed E-state index contributed by atoms with van der Waals surface area (Å²) < 4.78 is 0.646. The van der Waals surface area contributed by atoms with Gasteiger partial charge in [0.15, 0.2) is 0 Å². The molecule has 1 aromatic rings. The van der Waals surface area contributed by atoms with Crippen LogP contribution >= 0.6 is 22.9 Å². The van der Waals surface area contributed by atoms with Gasteiger partial charge in [-0.25, -0.2) is 0 Å². The molecule has 0 aliphatic carbocycles. The van der Waals surface area contributed by atoms with Crippen molar-refractivity contribution in [2.45, 2.75) is 25.7 Å². The third-order valence-corrected chi connectivity index (χ3v) is 6.29. The van der Waals surface area contributed by atoms with Crippen LogP contribution < -0.4 is 0 Å². The van der Waals surface area contributed by atoms with Crippen LogP contribution in [-0.4, -0.2) is 60.1 Å². The Morgan fingerprint density at radius 1 is 1.17 bits per heavy atom. The third-order valence-electron chi connectivity index (χ3n) is 5.07. The normalized spacial score (nSPS) is 26.4. The van der Waals surface area contributed by atoms with Crippen LogP contribution in [0, 0.1) is 11.8 Å². The summed E-state index contributed by atoms with van der Waals surface area (Å²) >= 11 is 7.27. The monoisotopic (exact) mass is 356 g/mol. The molecule has 6 heteroatoms. The predicted octanol–water partition coefficient (Wildman–Crippen LogP) is 2.96. The molecular formula is C17H25ClN2O2S. The first kappa shape index (κ1) is 17.2. The molecule has 2 unspecified atom stereocenters. The average Bonchev–Trinajstić information content (AvgIpc) is 3.06. The smallest absolute Gasteiger partial charge is 0.263 e. The number of likely N-dealkylation sites (tertiary alicyclic amines) is 2. The maximum Gasteiger partial charge on any atom is 0.263 e. The lowest BCUT2D eigenvalue weighted by Crippen LogP contribution is -2.35. The number of halogens is 1. The van der Waals surface area contributed by atoms with Crippen LogP contribution in [0.2, 0.25) is 4.34 Å². The number of amides is 1. The fourth-order valence-corrected chi connectivity index (χ4v) is 4.76. The molecule has 0 spiro atoms. The van der Waals surface area contributed by atoms with Crippen LogP contribution in [0.1, 0.15) is 35.4 Å². The van der Waals surface area contributed by atoms with E-state index in [9.17, 15) is 9.90 Å². The molecular weight excluding hydrogens is 332 g/mol. The standard InChI is InChI=1S/C17H25ClN2O2S/c18-16-6-5-15(23-16)17(22)20-10-13(14(11-20)12-21)9-19-7-3-1-2-4-8-19/h5-6,13-14,21H,1-4,7-12H2. The van der Waals surface area contributed by atoms with Crippen LogP contribution in [0.3, 0.4) is 0 Å². The largest absolute Gasteiger partial charge is 0.396 e. The predicted molar refractivity (Wildman–Crippen MR) is 94.2 cm³/mol. The van der Waals surface area contributed by atoms with E-state index in [0.29, 0.717) is 21.7 Å². The Kier molecular flexibility index (Phi) is 5.96. The van der Waals surface area contributed by atoms with Crippen molar-refractivity contribution < 1.29 is 9.90 Å². The molecule has 2 aliphatic rings. The van der Waals surface area contributed by atoms with Gasteiger partial charge in [0.25, 0.3) is 5.91 Å². The van der Waals surface area contributed by atoms with Gasteiger partial charge in [-0.1, -0.05) is 24.4 Å². The van der Waals surface area contributed by atoms with Crippen molar-refractivity contribution in [2.75, 3.05) is 39.3 Å². The fraction of sp³-hybridized carbons (Fsp3) is 0.706. The molecule has 0 bridgehead atoms. The van der Waals surface area contributed by atoms with Crippen molar-refractivity contribution in [3.8, 4) is 0 Å². The first-order chi connectivity index (χ1) is 11.2. The van der Waals surface area contributed by atoms with Gasteiger partial charge in [-0.2, -0.15) is 0 Å². The Bertz CT molecular complexity index is 528. The number of aliphatic hydroxyl groups is 1. The highest BCUT2D eigenvalue weighted by molar-refractivity contribution is 7.17. The second-order valence-electron chi connectivity index (χ2n) is 6.73. The van der Waals surface area contributed by atoms with Gasteiger partial charge in [-0.05, 0) is 44.0 Å². The van der Waals surface area contributed by atoms with Gasteiger partial charge in [0, 0.05) is 32.2 Å². The van der Waals surface area contributed by atoms with Gasteiger partial charge in [-0.3, -0.25) is 4.79 Å². The molecule has 3 heterocycles. The Balaban J connectivity index is 1.61. The summed E-state index contributed by atoms with van der Waals surface area (Å²) in [5.74, 6) is 0.619. The van der Waals surface area contributed by atoms with Crippen molar-refractivity contribution in [2.24, 2.45) is 11.8 Å². The lowest BCUT2D eigenvalue weighted by Gasteiger charge is -2.26. The molecule has 4 nitrogen and oxygen atoms in total. The molecule has 3 rings (SSSR count). The summed E-state index contributed by atoms with van der Waals surface area (Å²) in [4.78, 5) is 17.7. The van der Waals surface area contributed by atoms with E-state index in [-0.39, 0.29) is 18.4 Å². The van der Waals surface area contributed by atoms with Crippen LogP contribution in [0.15, 0.2) is 12.1 Å². The van der Waals surface area contributed by atoms with Crippen molar-refractivity contribution in [1.82, 2.24) is 9.80 Å². The molecule has 2 fully saturated rings. The van der Waals surface area contributed by atoms with Crippen molar-refractivity contribution in [3.63, 3.8) is 0 Å². The third kappa shape index (κ3) is 4.27. The molecule has 23 heavy (non-hydrogen) atoms. The summed E-state index contributed by atoms with van der Waals surface area (Å²) in [6.07, 6.45) is 5.20. The molecule has 1 amide bonds. The number of hydrogen-bond donors (Lipinski definition) is 1. The number of rotatable bonds is 4. The second-order valence-corrected chi connectivity index (χ2v) is 8.45. The maximum absolute atomic E-state index is 12.6. The zero-order chi connectivity index (χ0) is 16.2.